The summed E-state index contributed by atoms with van der Waals surface area (Å²) in [6.45, 7) is 13.8. The quantitative estimate of drug-likeness (QED) is 0.522. The van der Waals surface area contributed by atoms with Crippen LogP contribution in [0, 0.1) is 0 Å². The standard InChI is InChI=1S/C16H18O2S2.C3H4OS/c1-11(2)15(17)19-9-13-5-7-14(8-6-13)10-20-16(18)12(3)4;1-2-3(4)5/h5-8H,1,3,9-10H2,2,4H3;2H,1H2,(H,4,5). The molecule has 25 heavy (non-hydrogen) atoms. The van der Waals surface area contributed by atoms with Crippen LogP contribution in [0.25, 0.3) is 0 Å². The molecule has 0 aliphatic heterocycles. The van der Waals surface area contributed by atoms with E-state index in [1.165, 1.54) is 23.5 Å². The Bertz CT molecular complexity index is 612. The van der Waals surface area contributed by atoms with Crippen LogP contribution in [0.1, 0.15) is 25.0 Å². The maximum absolute atomic E-state index is 11.4. The van der Waals surface area contributed by atoms with Gasteiger partial charge in [0.25, 0.3) is 0 Å². The molecule has 0 saturated heterocycles. The number of hydrogen-bond acceptors (Lipinski definition) is 5. The molecule has 0 spiro atoms. The number of thiol groups is 1. The average Bonchev–Trinajstić information content (AvgIpc) is 2.58. The molecule has 1 rings (SSSR count). The molecule has 0 N–H and O–H groups in total. The first-order chi connectivity index (χ1) is 11.7. The molecule has 0 unspecified atom stereocenters. The number of thioether (sulfide) groups is 2. The molecule has 0 heterocycles. The molecular weight excluding hydrogens is 372 g/mol. The summed E-state index contributed by atoms with van der Waals surface area (Å²) in [5.74, 6) is 1.29. The van der Waals surface area contributed by atoms with Crippen LogP contribution < -0.4 is 0 Å². The van der Waals surface area contributed by atoms with Gasteiger partial charge in [0.1, 0.15) is 0 Å². The lowest BCUT2D eigenvalue weighted by molar-refractivity contribution is -0.108. The highest BCUT2D eigenvalue weighted by atomic mass is 32.2. The van der Waals surface area contributed by atoms with E-state index >= 15 is 0 Å². The van der Waals surface area contributed by atoms with Crippen molar-refractivity contribution in [1.82, 2.24) is 0 Å². The van der Waals surface area contributed by atoms with E-state index in [1.807, 2.05) is 24.3 Å². The lowest BCUT2D eigenvalue weighted by Crippen LogP contribution is -1.94. The van der Waals surface area contributed by atoms with Crippen molar-refractivity contribution in [2.24, 2.45) is 0 Å². The molecule has 0 fully saturated rings. The van der Waals surface area contributed by atoms with Gasteiger partial charge in [-0.3, -0.25) is 14.4 Å². The van der Waals surface area contributed by atoms with Crippen molar-refractivity contribution < 1.29 is 14.4 Å². The van der Waals surface area contributed by atoms with Gasteiger partial charge in [-0.2, -0.15) is 0 Å². The van der Waals surface area contributed by atoms with Crippen LogP contribution in [-0.2, 0) is 25.9 Å². The number of carbonyl (C=O) groups is 3. The Balaban J connectivity index is 0.00000101. The van der Waals surface area contributed by atoms with Gasteiger partial charge in [0, 0.05) is 11.5 Å². The average molecular weight is 395 g/mol. The first-order valence-corrected chi connectivity index (χ1v) is 9.67. The fourth-order valence-electron chi connectivity index (χ4n) is 1.28. The summed E-state index contributed by atoms with van der Waals surface area (Å²) in [5, 5.41) is -0.238. The SMILES string of the molecule is C=C(C)C(=O)SCc1ccc(CSC(=O)C(=C)C)cc1.C=CC(=O)S. The molecule has 3 nitrogen and oxygen atoms in total. The van der Waals surface area contributed by atoms with Crippen LogP contribution in [0.2, 0.25) is 0 Å². The molecule has 0 aliphatic carbocycles. The third kappa shape index (κ3) is 11.6. The Labute approximate surface area is 163 Å². The molecule has 6 heteroatoms. The van der Waals surface area contributed by atoms with Crippen LogP contribution in [0.15, 0.2) is 61.2 Å². The number of benzene rings is 1. The highest BCUT2D eigenvalue weighted by Gasteiger charge is 2.05. The Hall–Kier alpha value is -1.50. The minimum atomic E-state index is -0.287. The minimum Gasteiger partial charge on any atom is -0.283 e. The van der Waals surface area contributed by atoms with Gasteiger partial charge in [-0.1, -0.05) is 67.5 Å². The van der Waals surface area contributed by atoms with E-state index in [9.17, 15) is 14.4 Å². The largest absolute Gasteiger partial charge is 0.283 e. The summed E-state index contributed by atoms with van der Waals surface area (Å²) in [4.78, 5) is 32.4. The third-order valence-electron chi connectivity index (χ3n) is 2.63. The van der Waals surface area contributed by atoms with Crippen LogP contribution in [0.4, 0.5) is 0 Å². The third-order valence-corrected chi connectivity index (χ3v) is 4.99. The molecule has 0 bridgehead atoms. The summed E-state index contributed by atoms with van der Waals surface area (Å²) < 4.78 is 0. The monoisotopic (exact) mass is 394 g/mol. The first kappa shape index (κ1) is 23.5. The zero-order valence-electron chi connectivity index (χ0n) is 14.4. The normalized spacial score (nSPS) is 9.40. The molecule has 0 aromatic heterocycles. The van der Waals surface area contributed by atoms with Gasteiger partial charge >= 0.3 is 0 Å². The predicted molar refractivity (Wildman–Crippen MR) is 113 cm³/mol. The van der Waals surface area contributed by atoms with Gasteiger partial charge in [-0.25, -0.2) is 0 Å². The van der Waals surface area contributed by atoms with E-state index in [0.717, 1.165) is 17.2 Å². The second-order valence-electron chi connectivity index (χ2n) is 5.07. The fourth-order valence-corrected chi connectivity index (χ4v) is 2.75. The van der Waals surface area contributed by atoms with Gasteiger partial charge < -0.3 is 0 Å². The molecule has 134 valence electrons. The molecule has 0 amide bonds. The second-order valence-corrected chi connectivity index (χ2v) is 7.41. The van der Waals surface area contributed by atoms with Crippen molar-refractivity contribution in [2.45, 2.75) is 25.4 Å². The predicted octanol–water partition coefficient (Wildman–Crippen LogP) is 4.99. The van der Waals surface area contributed by atoms with Crippen LogP contribution >= 0.6 is 36.2 Å². The Morgan fingerprint density at radius 2 is 1.20 bits per heavy atom. The minimum absolute atomic E-state index is 0.0247. The van der Waals surface area contributed by atoms with Crippen LogP contribution in [0.5, 0.6) is 0 Å². The van der Waals surface area contributed by atoms with E-state index in [-0.39, 0.29) is 15.3 Å². The van der Waals surface area contributed by atoms with E-state index in [0.29, 0.717) is 22.7 Å². The lowest BCUT2D eigenvalue weighted by Gasteiger charge is -2.04. The topological polar surface area (TPSA) is 51.2 Å². The summed E-state index contributed by atoms with van der Waals surface area (Å²) in [5.41, 5.74) is 3.32. The van der Waals surface area contributed by atoms with Gasteiger partial charge in [-0.15, -0.1) is 12.6 Å². The fraction of sp³-hybridized carbons (Fsp3) is 0.211. The summed E-state index contributed by atoms with van der Waals surface area (Å²) in [7, 11) is 0. The highest BCUT2D eigenvalue weighted by molar-refractivity contribution is 8.13. The van der Waals surface area contributed by atoms with E-state index < -0.39 is 0 Å². The van der Waals surface area contributed by atoms with Gasteiger partial charge in [-0.05, 0) is 42.2 Å². The van der Waals surface area contributed by atoms with Gasteiger partial charge in [0.15, 0.2) is 0 Å². The molecule has 0 radical (unpaired) electrons. The summed E-state index contributed by atoms with van der Waals surface area (Å²) >= 11 is 5.85. The first-order valence-electron chi connectivity index (χ1n) is 7.25. The zero-order valence-corrected chi connectivity index (χ0v) is 16.9. The molecule has 0 aliphatic rings. The van der Waals surface area contributed by atoms with Crippen molar-refractivity contribution in [2.75, 3.05) is 0 Å². The van der Waals surface area contributed by atoms with Crippen molar-refractivity contribution in [3.8, 4) is 0 Å². The highest BCUT2D eigenvalue weighted by Crippen LogP contribution is 2.20. The Morgan fingerprint density at radius 3 is 1.40 bits per heavy atom. The molecule has 1 aromatic carbocycles. The van der Waals surface area contributed by atoms with E-state index in [1.54, 1.807) is 13.8 Å². The Morgan fingerprint density at radius 1 is 0.920 bits per heavy atom. The summed E-state index contributed by atoms with van der Waals surface area (Å²) in [6, 6.07) is 7.94. The van der Waals surface area contributed by atoms with Crippen molar-refractivity contribution in [3.05, 3.63) is 72.4 Å². The van der Waals surface area contributed by atoms with Gasteiger partial charge in [0.05, 0.1) is 0 Å². The maximum Gasteiger partial charge on any atom is 0.214 e. The van der Waals surface area contributed by atoms with Crippen LogP contribution in [0.3, 0.4) is 0 Å². The van der Waals surface area contributed by atoms with Crippen molar-refractivity contribution in [3.63, 3.8) is 0 Å². The molecular formula is C19H22O3S3. The molecule has 1 aromatic rings. The van der Waals surface area contributed by atoms with E-state index in [2.05, 4.69) is 32.4 Å². The summed E-state index contributed by atoms with van der Waals surface area (Å²) in [6.07, 6.45) is 1.14. The maximum atomic E-state index is 11.4. The van der Waals surface area contributed by atoms with Crippen LogP contribution in [-0.4, -0.2) is 15.3 Å². The van der Waals surface area contributed by atoms with E-state index in [4.69, 9.17) is 0 Å². The Kier molecular flexibility index (Phi) is 12.0. The molecule has 0 saturated carbocycles. The van der Waals surface area contributed by atoms with Gasteiger partial charge in [0.2, 0.25) is 15.3 Å². The second kappa shape index (κ2) is 12.8. The molecule has 0 atom stereocenters. The van der Waals surface area contributed by atoms with Crippen molar-refractivity contribution >= 4 is 51.5 Å². The van der Waals surface area contributed by atoms with Crippen molar-refractivity contribution in [1.29, 1.82) is 0 Å². The number of rotatable bonds is 7. The lowest BCUT2D eigenvalue weighted by atomic mass is 10.2. The number of hydrogen-bond donors (Lipinski definition) is 1. The number of carbonyl (C=O) groups excluding carboxylic acids is 3. The zero-order chi connectivity index (χ0) is 19.4. The smallest absolute Gasteiger partial charge is 0.214 e.